The molecule has 0 heterocycles. The van der Waals surface area contributed by atoms with Gasteiger partial charge in [0.15, 0.2) is 0 Å². The highest BCUT2D eigenvalue weighted by Crippen LogP contribution is 2.21. The lowest BCUT2D eigenvalue weighted by molar-refractivity contribution is 0.570. The Morgan fingerprint density at radius 3 is 2.62 bits per heavy atom. The van der Waals surface area contributed by atoms with Gasteiger partial charge in [-0.1, -0.05) is 31.2 Å². The van der Waals surface area contributed by atoms with Gasteiger partial charge in [-0.05, 0) is 58.7 Å². The highest BCUT2D eigenvalue weighted by atomic mass is 79.9. The molecule has 1 N–H and O–H groups in total. The molecule has 0 saturated heterocycles. The lowest BCUT2D eigenvalue weighted by atomic mass is 10.1. The number of nitrogens with one attached hydrogen (secondary N) is 1. The van der Waals surface area contributed by atoms with E-state index in [-0.39, 0.29) is 5.82 Å². The van der Waals surface area contributed by atoms with Gasteiger partial charge in [0.2, 0.25) is 0 Å². The molecule has 4 heteroatoms. The Morgan fingerprint density at radius 2 is 1.95 bits per heavy atom. The standard InChI is InChI=1S/C17H19BrFNS/c1-2-20-14(12-21-15-6-4-3-5-7-15)10-13-8-9-17(19)16(18)11-13/h3-9,11,14,20H,2,10,12H2,1H3. The third-order valence-corrected chi connectivity index (χ3v) is 4.94. The first-order valence-electron chi connectivity index (χ1n) is 7.04. The van der Waals surface area contributed by atoms with Crippen LogP contribution in [-0.4, -0.2) is 18.3 Å². The quantitative estimate of drug-likeness (QED) is 0.698. The summed E-state index contributed by atoms with van der Waals surface area (Å²) in [5, 5.41) is 3.51. The highest BCUT2D eigenvalue weighted by molar-refractivity contribution is 9.10. The van der Waals surface area contributed by atoms with Gasteiger partial charge in [0, 0.05) is 16.7 Å². The maximum atomic E-state index is 13.3. The first-order valence-corrected chi connectivity index (χ1v) is 8.82. The summed E-state index contributed by atoms with van der Waals surface area (Å²) in [7, 11) is 0. The molecule has 1 atom stereocenters. The minimum atomic E-state index is -0.211. The predicted molar refractivity (Wildman–Crippen MR) is 92.4 cm³/mol. The van der Waals surface area contributed by atoms with Crippen molar-refractivity contribution in [3.8, 4) is 0 Å². The number of thioether (sulfide) groups is 1. The highest BCUT2D eigenvalue weighted by Gasteiger charge is 2.10. The number of likely N-dealkylation sites (N-methyl/N-ethyl adjacent to an activating group) is 1. The fourth-order valence-electron chi connectivity index (χ4n) is 2.14. The lowest BCUT2D eigenvalue weighted by Gasteiger charge is -2.18. The van der Waals surface area contributed by atoms with Crippen LogP contribution in [0.4, 0.5) is 4.39 Å². The molecule has 0 radical (unpaired) electrons. The molecule has 2 rings (SSSR count). The molecule has 0 fully saturated rings. The van der Waals surface area contributed by atoms with Crippen molar-refractivity contribution in [2.24, 2.45) is 0 Å². The molecule has 2 aromatic rings. The van der Waals surface area contributed by atoms with Crippen molar-refractivity contribution >= 4 is 27.7 Å². The van der Waals surface area contributed by atoms with Crippen molar-refractivity contribution < 1.29 is 4.39 Å². The Balaban J connectivity index is 1.96. The summed E-state index contributed by atoms with van der Waals surface area (Å²) < 4.78 is 13.8. The summed E-state index contributed by atoms with van der Waals surface area (Å²) in [5.41, 5.74) is 1.14. The summed E-state index contributed by atoms with van der Waals surface area (Å²) in [6.07, 6.45) is 0.895. The van der Waals surface area contributed by atoms with Crippen molar-refractivity contribution in [2.75, 3.05) is 12.3 Å². The smallest absolute Gasteiger partial charge is 0.137 e. The third kappa shape index (κ3) is 5.46. The topological polar surface area (TPSA) is 12.0 Å². The van der Waals surface area contributed by atoms with E-state index in [1.54, 1.807) is 0 Å². The van der Waals surface area contributed by atoms with Crippen LogP contribution in [-0.2, 0) is 6.42 Å². The van der Waals surface area contributed by atoms with Crippen molar-refractivity contribution in [2.45, 2.75) is 24.3 Å². The monoisotopic (exact) mass is 367 g/mol. The number of halogens is 2. The van der Waals surface area contributed by atoms with Gasteiger partial charge in [-0.3, -0.25) is 0 Å². The molecule has 0 aliphatic heterocycles. The maximum Gasteiger partial charge on any atom is 0.137 e. The van der Waals surface area contributed by atoms with Crippen LogP contribution in [0.25, 0.3) is 0 Å². The summed E-state index contributed by atoms with van der Waals surface area (Å²) >= 11 is 5.10. The molecular weight excluding hydrogens is 349 g/mol. The molecular formula is C17H19BrFNS. The lowest BCUT2D eigenvalue weighted by Crippen LogP contribution is -2.33. The van der Waals surface area contributed by atoms with Crippen LogP contribution in [0.15, 0.2) is 57.9 Å². The normalized spacial score (nSPS) is 12.3. The van der Waals surface area contributed by atoms with Gasteiger partial charge >= 0.3 is 0 Å². The fraction of sp³-hybridized carbons (Fsp3) is 0.294. The van der Waals surface area contributed by atoms with Crippen LogP contribution in [0.2, 0.25) is 0 Å². The number of hydrogen-bond donors (Lipinski definition) is 1. The largest absolute Gasteiger partial charge is 0.313 e. The van der Waals surface area contributed by atoms with E-state index in [1.807, 2.05) is 30.0 Å². The molecule has 0 aliphatic carbocycles. The summed E-state index contributed by atoms with van der Waals surface area (Å²) in [5.74, 6) is 0.782. The Morgan fingerprint density at radius 1 is 1.19 bits per heavy atom. The van der Waals surface area contributed by atoms with Gasteiger partial charge in [-0.2, -0.15) is 0 Å². The van der Waals surface area contributed by atoms with Crippen molar-refractivity contribution in [3.05, 3.63) is 64.4 Å². The summed E-state index contributed by atoms with van der Waals surface area (Å²) in [6, 6.07) is 16.0. The molecule has 2 aromatic carbocycles. The molecule has 21 heavy (non-hydrogen) atoms. The van der Waals surface area contributed by atoms with Crippen molar-refractivity contribution in [1.29, 1.82) is 0 Å². The van der Waals surface area contributed by atoms with Crippen LogP contribution in [0.3, 0.4) is 0 Å². The van der Waals surface area contributed by atoms with Gasteiger partial charge in [0.25, 0.3) is 0 Å². The molecule has 0 aliphatic rings. The first-order chi connectivity index (χ1) is 10.2. The van der Waals surface area contributed by atoms with E-state index in [9.17, 15) is 4.39 Å². The molecule has 0 saturated carbocycles. The Hall–Kier alpha value is -0.840. The van der Waals surface area contributed by atoms with E-state index in [0.29, 0.717) is 10.5 Å². The van der Waals surface area contributed by atoms with Crippen LogP contribution >= 0.6 is 27.7 Å². The molecule has 1 unspecified atom stereocenters. The number of benzene rings is 2. The second-order valence-corrected chi connectivity index (χ2v) is 6.78. The molecule has 0 bridgehead atoms. The van der Waals surface area contributed by atoms with E-state index in [4.69, 9.17) is 0 Å². The van der Waals surface area contributed by atoms with E-state index in [1.165, 1.54) is 11.0 Å². The van der Waals surface area contributed by atoms with E-state index < -0.39 is 0 Å². The molecule has 0 spiro atoms. The van der Waals surface area contributed by atoms with Gasteiger partial charge in [-0.15, -0.1) is 11.8 Å². The van der Waals surface area contributed by atoms with E-state index in [0.717, 1.165) is 24.3 Å². The van der Waals surface area contributed by atoms with Gasteiger partial charge in [0.05, 0.1) is 4.47 Å². The Kier molecular flexibility index (Phi) is 6.74. The van der Waals surface area contributed by atoms with E-state index >= 15 is 0 Å². The Labute approximate surface area is 138 Å². The SMILES string of the molecule is CCNC(CSc1ccccc1)Cc1ccc(F)c(Br)c1. The number of rotatable bonds is 7. The minimum Gasteiger partial charge on any atom is -0.313 e. The average molecular weight is 368 g/mol. The summed E-state index contributed by atoms with van der Waals surface area (Å²) in [4.78, 5) is 1.28. The van der Waals surface area contributed by atoms with Gasteiger partial charge < -0.3 is 5.32 Å². The van der Waals surface area contributed by atoms with Gasteiger partial charge in [-0.25, -0.2) is 4.39 Å². The zero-order chi connectivity index (χ0) is 15.1. The second-order valence-electron chi connectivity index (χ2n) is 4.83. The maximum absolute atomic E-state index is 13.3. The van der Waals surface area contributed by atoms with Crippen LogP contribution < -0.4 is 5.32 Å². The molecule has 0 aromatic heterocycles. The van der Waals surface area contributed by atoms with Crippen molar-refractivity contribution in [3.63, 3.8) is 0 Å². The summed E-state index contributed by atoms with van der Waals surface area (Å²) in [6.45, 7) is 3.04. The number of hydrogen-bond acceptors (Lipinski definition) is 2. The minimum absolute atomic E-state index is 0.211. The second kappa shape index (κ2) is 8.57. The predicted octanol–water partition coefficient (Wildman–Crippen LogP) is 4.90. The van der Waals surface area contributed by atoms with Crippen molar-refractivity contribution in [1.82, 2.24) is 5.32 Å². The fourth-order valence-corrected chi connectivity index (χ4v) is 3.55. The van der Waals surface area contributed by atoms with Crippen LogP contribution in [0.5, 0.6) is 0 Å². The van der Waals surface area contributed by atoms with Gasteiger partial charge in [0.1, 0.15) is 5.82 Å². The Bertz CT molecular complexity index is 562. The van der Waals surface area contributed by atoms with E-state index in [2.05, 4.69) is 52.4 Å². The zero-order valence-electron chi connectivity index (χ0n) is 12.0. The zero-order valence-corrected chi connectivity index (χ0v) is 14.4. The molecule has 1 nitrogen and oxygen atoms in total. The van der Waals surface area contributed by atoms with Crippen LogP contribution in [0, 0.1) is 5.82 Å². The molecule has 112 valence electrons. The third-order valence-electron chi connectivity index (χ3n) is 3.15. The molecule has 0 amide bonds. The average Bonchev–Trinajstić information content (AvgIpc) is 2.50. The first kappa shape index (κ1) is 16.5. The van der Waals surface area contributed by atoms with Crippen LogP contribution in [0.1, 0.15) is 12.5 Å².